The van der Waals surface area contributed by atoms with E-state index >= 15 is 0 Å². The Morgan fingerprint density at radius 1 is 1.37 bits per heavy atom. The number of nitrogens with zero attached hydrogens (tertiary/aromatic N) is 2. The lowest BCUT2D eigenvalue weighted by Gasteiger charge is -2.11. The summed E-state index contributed by atoms with van der Waals surface area (Å²) in [6, 6.07) is 4.19. The van der Waals surface area contributed by atoms with Gasteiger partial charge in [-0.05, 0) is 40.5 Å². The zero-order valence-corrected chi connectivity index (χ0v) is 12.5. The Morgan fingerprint density at radius 3 is 2.84 bits per heavy atom. The molecule has 6 heteroatoms. The van der Waals surface area contributed by atoms with Gasteiger partial charge in [-0.25, -0.2) is 14.4 Å². The molecule has 0 saturated carbocycles. The van der Waals surface area contributed by atoms with E-state index in [1.165, 1.54) is 24.5 Å². The molecule has 0 unspecified atom stereocenters. The Balaban J connectivity index is 2.35. The summed E-state index contributed by atoms with van der Waals surface area (Å²) >= 11 is 9.28. The Kier molecular flexibility index (Phi) is 4.71. The first-order chi connectivity index (χ1) is 9.11. The number of benzene rings is 1. The van der Waals surface area contributed by atoms with Crippen LogP contribution in [0.15, 0.2) is 29.0 Å². The van der Waals surface area contributed by atoms with E-state index < -0.39 is 0 Å². The van der Waals surface area contributed by atoms with Crippen molar-refractivity contribution in [3.05, 3.63) is 45.5 Å². The molecule has 0 amide bonds. The molecule has 1 aromatic carbocycles. The summed E-state index contributed by atoms with van der Waals surface area (Å²) in [6.45, 7) is 2.03. The first kappa shape index (κ1) is 14.2. The molecule has 0 saturated heterocycles. The molecule has 0 spiro atoms. The molecular weight excluding hydrogens is 335 g/mol. The van der Waals surface area contributed by atoms with Gasteiger partial charge in [-0.3, -0.25) is 0 Å². The van der Waals surface area contributed by atoms with E-state index in [4.69, 9.17) is 16.3 Å². The summed E-state index contributed by atoms with van der Waals surface area (Å²) < 4.78 is 19.2. The fraction of sp³-hybridized carbons (Fsp3) is 0.231. The van der Waals surface area contributed by atoms with Gasteiger partial charge in [0.25, 0.3) is 0 Å². The quantitative estimate of drug-likeness (QED) is 0.748. The van der Waals surface area contributed by atoms with Crippen LogP contribution in [0.5, 0.6) is 11.6 Å². The highest BCUT2D eigenvalue weighted by Crippen LogP contribution is 2.32. The van der Waals surface area contributed by atoms with Crippen molar-refractivity contribution in [2.75, 3.05) is 0 Å². The van der Waals surface area contributed by atoms with Crippen molar-refractivity contribution in [2.24, 2.45) is 0 Å². The lowest BCUT2D eigenvalue weighted by molar-refractivity contribution is 0.449. The summed E-state index contributed by atoms with van der Waals surface area (Å²) in [7, 11) is 0. The van der Waals surface area contributed by atoms with Crippen LogP contribution in [-0.2, 0) is 6.42 Å². The van der Waals surface area contributed by atoms with Crippen LogP contribution in [-0.4, -0.2) is 9.97 Å². The van der Waals surface area contributed by atoms with Crippen molar-refractivity contribution in [1.29, 1.82) is 0 Å². The smallest absolute Gasteiger partial charge is 0.227 e. The molecule has 2 aromatic rings. The lowest BCUT2D eigenvalue weighted by Crippen LogP contribution is -1.98. The van der Waals surface area contributed by atoms with E-state index in [0.717, 1.165) is 12.0 Å². The van der Waals surface area contributed by atoms with E-state index in [2.05, 4.69) is 25.9 Å². The molecule has 2 rings (SSSR count). The first-order valence-electron chi connectivity index (χ1n) is 5.74. The molecule has 0 atom stereocenters. The van der Waals surface area contributed by atoms with Crippen molar-refractivity contribution >= 4 is 27.5 Å². The number of aromatic nitrogens is 2. The summed E-state index contributed by atoms with van der Waals surface area (Å²) in [6.07, 6.45) is 2.95. The van der Waals surface area contributed by atoms with Gasteiger partial charge in [0.15, 0.2) is 0 Å². The molecule has 1 aromatic heterocycles. The van der Waals surface area contributed by atoms with Crippen LogP contribution in [0, 0.1) is 5.82 Å². The summed E-state index contributed by atoms with van der Waals surface area (Å²) in [5.41, 5.74) is 0.753. The molecule has 0 N–H and O–H groups in total. The fourth-order valence-corrected chi connectivity index (χ4v) is 2.24. The molecule has 0 aliphatic rings. The minimum absolute atomic E-state index is 0.339. The highest BCUT2D eigenvalue weighted by molar-refractivity contribution is 9.10. The summed E-state index contributed by atoms with van der Waals surface area (Å²) in [5, 5.41) is 0.380. The van der Waals surface area contributed by atoms with Crippen LogP contribution >= 0.6 is 27.5 Å². The van der Waals surface area contributed by atoms with Crippen LogP contribution in [0.3, 0.4) is 0 Å². The van der Waals surface area contributed by atoms with E-state index in [-0.39, 0.29) is 5.82 Å². The average molecular weight is 346 g/mol. The Morgan fingerprint density at radius 2 is 2.16 bits per heavy atom. The molecule has 0 radical (unpaired) electrons. The number of rotatable bonds is 4. The standard InChI is InChI=1S/C13H11BrClFN2O/c1-2-3-9-12(15)17-7-18-13(9)19-11-5-4-8(16)6-10(11)14/h4-7H,2-3H2,1H3. The molecule has 1 heterocycles. The maximum Gasteiger partial charge on any atom is 0.227 e. The SMILES string of the molecule is CCCc1c(Cl)ncnc1Oc1ccc(F)cc1Br. The Labute approximate surface area is 123 Å². The minimum atomic E-state index is -0.339. The molecule has 0 aliphatic carbocycles. The monoisotopic (exact) mass is 344 g/mol. The van der Waals surface area contributed by atoms with Gasteiger partial charge >= 0.3 is 0 Å². The topological polar surface area (TPSA) is 35.0 Å². The minimum Gasteiger partial charge on any atom is -0.437 e. The van der Waals surface area contributed by atoms with Gasteiger partial charge in [-0.15, -0.1) is 0 Å². The second-order valence-electron chi connectivity index (χ2n) is 3.87. The normalized spacial score (nSPS) is 10.5. The highest BCUT2D eigenvalue weighted by atomic mass is 79.9. The summed E-state index contributed by atoms with van der Waals surface area (Å²) in [5.74, 6) is 0.538. The number of ether oxygens (including phenoxy) is 1. The third kappa shape index (κ3) is 3.42. The van der Waals surface area contributed by atoms with Crippen molar-refractivity contribution in [3.63, 3.8) is 0 Å². The van der Waals surface area contributed by atoms with Crippen molar-refractivity contribution in [3.8, 4) is 11.6 Å². The maximum absolute atomic E-state index is 13.0. The number of hydrogen-bond donors (Lipinski definition) is 0. The molecule has 0 aliphatic heterocycles. The van der Waals surface area contributed by atoms with Gasteiger partial charge in [-0.2, -0.15) is 0 Å². The van der Waals surface area contributed by atoms with E-state index in [9.17, 15) is 4.39 Å². The second-order valence-corrected chi connectivity index (χ2v) is 5.09. The highest BCUT2D eigenvalue weighted by Gasteiger charge is 2.13. The van der Waals surface area contributed by atoms with E-state index in [1.807, 2.05) is 6.92 Å². The lowest BCUT2D eigenvalue weighted by atomic mass is 10.2. The summed E-state index contributed by atoms with van der Waals surface area (Å²) in [4.78, 5) is 8.02. The Hall–Kier alpha value is -1.20. The molecule has 19 heavy (non-hydrogen) atoms. The largest absolute Gasteiger partial charge is 0.437 e. The van der Waals surface area contributed by atoms with Crippen LogP contribution in [0.25, 0.3) is 0 Å². The average Bonchev–Trinajstić information content (AvgIpc) is 2.37. The third-order valence-electron chi connectivity index (χ3n) is 2.45. The van der Waals surface area contributed by atoms with Crippen LogP contribution in [0.4, 0.5) is 4.39 Å². The van der Waals surface area contributed by atoms with Gasteiger partial charge in [0.1, 0.15) is 23.0 Å². The number of hydrogen-bond acceptors (Lipinski definition) is 3. The molecule has 3 nitrogen and oxygen atoms in total. The second kappa shape index (κ2) is 6.30. The van der Waals surface area contributed by atoms with E-state index in [1.54, 1.807) is 0 Å². The molecular formula is C13H11BrClFN2O. The molecule has 0 fully saturated rings. The van der Waals surface area contributed by atoms with Gasteiger partial charge in [0, 0.05) is 0 Å². The first-order valence-corrected chi connectivity index (χ1v) is 6.91. The van der Waals surface area contributed by atoms with Crippen LogP contribution in [0.1, 0.15) is 18.9 Å². The zero-order valence-electron chi connectivity index (χ0n) is 10.2. The molecule has 100 valence electrons. The predicted octanol–water partition coefficient (Wildman–Crippen LogP) is 4.78. The van der Waals surface area contributed by atoms with E-state index in [0.29, 0.717) is 27.7 Å². The predicted molar refractivity (Wildman–Crippen MR) is 75.2 cm³/mol. The number of halogens is 3. The van der Waals surface area contributed by atoms with Gasteiger partial charge < -0.3 is 4.74 Å². The van der Waals surface area contributed by atoms with Crippen molar-refractivity contribution in [2.45, 2.75) is 19.8 Å². The maximum atomic E-state index is 13.0. The Bertz CT molecular complexity index is 595. The van der Waals surface area contributed by atoms with Gasteiger partial charge in [0.05, 0.1) is 10.0 Å². The van der Waals surface area contributed by atoms with Gasteiger partial charge in [-0.1, -0.05) is 24.9 Å². The molecule has 0 bridgehead atoms. The van der Waals surface area contributed by atoms with Crippen molar-refractivity contribution < 1.29 is 9.13 Å². The fourth-order valence-electron chi connectivity index (χ4n) is 1.59. The van der Waals surface area contributed by atoms with Gasteiger partial charge in [0.2, 0.25) is 5.88 Å². The third-order valence-corrected chi connectivity index (χ3v) is 3.40. The zero-order chi connectivity index (χ0) is 13.8. The van der Waals surface area contributed by atoms with Crippen molar-refractivity contribution in [1.82, 2.24) is 9.97 Å². The van der Waals surface area contributed by atoms with Crippen LogP contribution in [0.2, 0.25) is 5.15 Å². The van der Waals surface area contributed by atoms with Crippen LogP contribution < -0.4 is 4.74 Å².